The Hall–Kier alpha value is 0.734. The number of nitrogens with zero attached hydrogens (tertiary/aromatic N) is 1. The van der Waals surface area contributed by atoms with E-state index in [1.807, 2.05) is 0 Å². The van der Waals surface area contributed by atoms with E-state index >= 15 is 0 Å². The Morgan fingerprint density at radius 1 is 1.35 bits per heavy atom. The van der Waals surface area contributed by atoms with E-state index < -0.39 is 17.0 Å². The van der Waals surface area contributed by atoms with Crippen LogP contribution in [0.2, 0.25) is 0 Å². The molecular weight excluding hydrogens is 325 g/mol. The van der Waals surface area contributed by atoms with Crippen molar-refractivity contribution in [1.29, 1.82) is 0 Å². The monoisotopic (exact) mass is 351 g/mol. The van der Waals surface area contributed by atoms with Crippen LogP contribution in [-0.2, 0) is 17.0 Å². The van der Waals surface area contributed by atoms with E-state index in [0.29, 0.717) is 6.04 Å². The van der Waals surface area contributed by atoms with Gasteiger partial charge in [-0.25, -0.2) is 0 Å². The summed E-state index contributed by atoms with van der Waals surface area (Å²) in [6.07, 6.45) is 11.0. The Balaban J connectivity index is 0.000000830. The van der Waals surface area contributed by atoms with Gasteiger partial charge in [0.2, 0.25) is 0 Å². The minimum atomic E-state index is -0.556. The van der Waals surface area contributed by atoms with Gasteiger partial charge in [-0.3, -0.25) is 0 Å². The molecule has 2 aliphatic carbocycles. The molecule has 2 aliphatic rings. The number of hydrogen-bond acceptors (Lipinski definition) is 0. The Labute approximate surface area is 142 Å². The first kappa shape index (κ1) is 20.7. The van der Waals surface area contributed by atoms with Crippen LogP contribution in [0.3, 0.4) is 0 Å². The third-order valence-electron chi connectivity index (χ3n) is 3.89. The SMILES string of the molecule is CC1CC2C=CC=C(CC[N-]C(C)C)C2C1.[CH3-].[Cl][Ti][Cl]. The first-order chi connectivity index (χ1) is 9.08. The van der Waals surface area contributed by atoms with Crippen LogP contribution >= 0.6 is 18.6 Å². The quantitative estimate of drug-likeness (QED) is 0.426. The van der Waals surface area contributed by atoms with E-state index in [1.165, 1.54) is 19.3 Å². The van der Waals surface area contributed by atoms with E-state index in [2.05, 4.69) is 44.3 Å². The zero-order chi connectivity index (χ0) is 14.3. The van der Waals surface area contributed by atoms with Crippen LogP contribution < -0.4 is 0 Å². The fraction of sp³-hybridized carbons (Fsp3) is 0.688. The molecule has 3 atom stereocenters. The zero-order valence-electron chi connectivity index (χ0n) is 13.1. The summed E-state index contributed by atoms with van der Waals surface area (Å²) in [5.74, 6) is 2.57. The van der Waals surface area contributed by atoms with Crippen molar-refractivity contribution >= 4 is 18.6 Å². The molecule has 20 heavy (non-hydrogen) atoms. The summed E-state index contributed by atoms with van der Waals surface area (Å²) in [5.41, 5.74) is 1.65. The second kappa shape index (κ2) is 11.3. The van der Waals surface area contributed by atoms with Crippen LogP contribution in [-0.4, -0.2) is 12.6 Å². The van der Waals surface area contributed by atoms with E-state index in [9.17, 15) is 0 Å². The van der Waals surface area contributed by atoms with E-state index in [-0.39, 0.29) is 7.43 Å². The molecule has 1 saturated carbocycles. The van der Waals surface area contributed by atoms with Gasteiger partial charge >= 0.3 is 35.6 Å². The average molecular weight is 352 g/mol. The molecule has 0 spiro atoms. The molecule has 3 unspecified atom stereocenters. The van der Waals surface area contributed by atoms with Crippen LogP contribution in [0, 0.1) is 25.2 Å². The molecule has 4 heteroatoms. The van der Waals surface area contributed by atoms with Crippen LogP contribution in [0.15, 0.2) is 23.8 Å². The molecule has 1 nitrogen and oxygen atoms in total. The normalized spacial score (nSPS) is 27.1. The van der Waals surface area contributed by atoms with Gasteiger partial charge in [-0.2, -0.15) is 0 Å². The fourth-order valence-corrected chi connectivity index (χ4v) is 3.14. The standard InChI is InChI=1S/C15H24N.CH3.2ClH.Ti/c1-11(2)16-8-7-13-5-4-6-14-9-12(3)10-15(13)14;;;;/h4-6,11-12,14-15H,7-10H2,1-3H3;1H3;2*1H;/q2*-1;;;+2/p-2. The second-order valence-corrected chi connectivity index (χ2v) is 8.37. The molecule has 1 fully saturated rings. The Morgan fingerprint density at radius 3 is 2.60 bits per heavy atom. The number of halogens is 2. The molecule has 0 N–H and O–H groups in total. The van der Waals surface area contributed by atoms with Gasteiger partial charge in [-0.15, -0.1) is 12.6 Å². The van der Waals surface area contributed by atoms with Crippen LogP contribution in [0.5, 0.6) is 0 Å². The third-order valence-corrected chi connectivity index (χ3v) is 3.89. The van der Waals surface area contributed by atoms with Gasteiger partial charge in [0.1, 0.15) is 0 Å². The first-order valence-corrected chi connectivity index (χ1v) is 11.4. The predicted molar refractivity (Wildman–Crippen MR) is 88.7 cm³/mol. The molecule has 0 radical (unpaired) electrons. The van der Waals surface area contributed by atoms with Crippen LogP contribution in [0.1, 0.15) is 40.0 Å². The van der Waals surface area contributed by atoms with Crippen molar-refractivity contribution in [2.24, 2.45) is 17.8 Å². The molecule has 116 valence electrons. The summed E-state index contributed by atoms with van der Waals surface area (Å²) in [4.78, 5) is 0. The number of allylic oxidation sites excluding steroid dienone is 3. The molecule has 0 aromatic rings. The van der Waals surface area contributed by atoms with Crippen molar-refractivity contribution < 1.29 is 17.0 Å². The average Bonchev–Trinajstić information content (AvgIpc) is 2.71. The van der Waals surface area contributed by atoms with Gasteiger partial charge in [0.25, 0.3) is 0 Å². The van der Waals surface area contributed by atoms with Crippen molar-refractivity contribution in [1.82, 2.24) is 0 Å². The Bertz CT molecular complexity index is 316. The number of fused-ring (bicyclic) bond motifs is 1. The van der Waals surface area contributed by atoms with Crippen molar-refractivity contribution in [3.05, 3.63) is 36.5 Å². The zero-order valence-corrected chi connectivity index (χ0v) is 16.1. The van der Waals surface area contributed by atoms with E-state index in [4.69, 9.17) is 18.6 Å². The van der Waals surface area contributed by atoms with Crippen molar-refractivity contribution in [2.45, 2.75) is 46.1 Å². The van der Waals surface area contributed by atoms with Crippen LogP contribution in [0.25, 0.3) is 5.32 Å². The van der Waals surface area contributed by atoms with Crippen molar-refractivity contribution in [2.75, 3.05) is 6.54 Å². The van der Waals surface area contributed by atoms with Gasteiger partial charge < -0.3 is 12.7 Å². The topological polar surface area (TPSA) is 14.1 Å². The predicted octanol–water partition coefficient (Wildman–Crippen LogP) is 6.14. The molecule has 0 saturated heterocycles. The maximum atomic E-state index is 4.89. The maximum absolute atomic E-state index is 4.89. The van der Waals surface area contributed by atoms with Gasteiger partial charge in [0, 0.05) is 0 Å². The van der Waals surface area contributed by atoms with Crippen LogP contribution in [0.4, 0.5) is 0 Å². The summed E-state index contributed by atoms with van der Waals surface area (Å²) in [7, 11) is 9.78. The third kappa shape index (κ3) is 7.14. The van der Waals surface area contributed by atoms with Crippen molar-refractivity contribution in [3.63, 3.8) is 0 Å². The molecule has 0 aromatic carbocycles. The Kier molecular flexibility index (Phi) is 11.7. The number of rotatable bonds is 4. The summed E-state index contributed by atoms with van der Waals surface area (Å²) in [6.45, 7) is 7.72. The minimum absolute atomic E-state index is 0. The molecule has 0 amide bonds. The van der Waals surface area contributed by atoms with E-state index in [1.54, 1.807) is 5.57 Å². The summed E-state index contributed by atoms with van der Waals surface area (Å²) in [6, 6.07) is 0.484. The molecule has 0 aliphatic heterocycles. The first-order valence-electron chi connectivity index (χ1n) is 7.08. The summed E-state index contributed by atoms with van der Waals surface area (Å²) in [5, 5.41) is 4.59. The van der Waals surface area contributed by atoms with E-state index in [0.717, 1.165) is 24.3 Å². The van der Waals surface area contributed by atoms with Gasteiger partial charge in [-0.1, -0.05) is 51.0 Å². The molecular formula is C16H27Cl2NTi-2. The molecule has 0 heterocycles. The number of hydrogen-bond donors (Lipinski definition) is 0. The molecule has 2 rings (SSSR count). The second-order valence-electron chi connectivity index (χ2n) is 5.79. The summed E-state index contributed by atoms with van der Waals surface area (Å²) < 4.78 is 0. The fourth-order valence-electron chi connectivity index (χ4n) is 3.14. The Morgan fingerprint density at radius 2 is 2.00 bits per heavy atom. The molecule has 0 bridgehead atoms. The summed E-state index contributed by atoms with van der Waals surface area (Å²) >= 11 is -0.556. The van der Waals surface area contributed by atoms with Gasteiger partial charge in [0.15, 0.2) is 0 Å². The van der Waals surface area contributed by atoms with Gasteiger partial charge in [0.05, 0.1) is 0 Å². The molecule has 0 aromatic heterocycles. The van der Waals surface area contributed by atoms with Gasteiger partial charge in [-0.05, 0) is 30.6 Å². The van der Waals surface area contributed by atoms with Crippen molar-refractivity contribution in [3.8, 4) is 0 Å².